The van der Waals surface area contributed by atoms with Crippen LogP contribution in [0.1, 0.15) is 15.9 Å². The summed E-state index contributed by atoms with van der Waals surface area (Å²) in [5.74, 6) is -0.335. The van der Waals surface area contributed by atoms with Gasteiger partial charge in [0.15, 0.2) is 23.0 Å². The van der Waals surface area contributed by atoms with Crippen LogP contribution in [0.15, 0.2) is 42.2 Å². The minimum Gasteiger partial charge on any atom is -0.504 e. The van der Waals surface area contributed by atoms with Crippen molar-refractivity contribution in [1.82, 2.24) is 14.4 Å². The largest absolute Gasteiger partial charge is 0.504 e. The minimum atomic E-state index is -0.506. The number of thiophene rings is 1. The number of nitrogens with zero attached hydrogens (tertiary/aromatic N) is 3. The van der Waals surface area contributed by atoms with Gasteiger partial charge in [-0.25, -0.2) is 14.8 Å². The number of ether oxygens (including phenoxy) is 1. The molecule has 0 bridgehead atoms. The van der Waals surface area contributed by atoms with Crippen molar-refractivity contribution in [3.05, 3.63) is 58.3 Å². The third-order valence-electron chi connectivity index (χ3n) is 4.30. The van der Waals surface area contributed by atoms with E-state index in [9.17, 15) is 15.0 Å². The molecule has 0 saturated carbocycles. The number of nitrogens with one attached hydrogen (secondary N) is 1. The normalized spacial score (nSPS) is 11.0. The molecular formula is C19H15ClN4O4S. The van der Waals surface area contributed by atoms with E-state index in [1.807, 2.05) is 0 Å². The second kappa shape index (κ2) is 7.61. The molecule has 0 radical (unpaired) electrons. The van der Waals surface area contributed by atoms with Crippen LogP contribution >= 0.6 is 22.9 Å². The lowest BCUT2D eigenvalue weighted by molar-refractivity contribution is 0.0601. The predicted octanol–water partition coefficient (Wildman–Crippen LogP) is 3.92. The van der Waals surface area contributed by atoms with Crippen LogP contribution in [0.4, 0.5) is 5.82 Å². The fraction of sp³-hybridized carbons (Fsp3) is 0.105. The Hall–Kier alpha value is -3.30. The molecule has 4 aromatic rings. The van der Waals surface area contributed by atoms with Crippen LogP contribution in [0.3, 0.4) is 0 Å². The summed E-state index contributed by atoms with van der Waals surface area (Å²) in [4.78, 5) is 21.0. The van der Waals surface area contributed by atoms with Gasteiger partial charge in [0.05, 0.1) is 34.5 Å². The number of aromatic nitrogens is 3. The third kappa shape index (κ3) is 3.45. The summed E-state index contributed by atoms with van der Waals surface area (Å²) in [5, 5.41) is 24.7. The smallest absolute Gasteiger partial charge is 0.339 e. The number of hydrogen-bond acceptors (Lipinski definition) is 8. The molecule has 0 aliphatic heterocycles. The first-order chi connectivity index (χ1) is 14.0. The van der Waals surface area contributed by atoms with Gasteiger partial charge in [-0.1, -0.05) is 17.7 Å². The van der Waals surface area contributed by atoms with Crippen LogP contribution in [0, 0.1) is 0 Å². The van der Waals surface area contributed by atoms with Crippen LogP contribution in [-0.2, 0) is 11.3 Å². The van der Waals surface area contributed by atoms with Gasteiger partial charge >= 0.3 is 5.97 Å². The van der Waals surface area contributed by atoms with Crippen molar-refractivity contribution in [3.8, 4) is 22.1 Å². The van der Waals surface area contributed by atoms with Gasteiger partial charge in [-0.3, -0.25) is 4.40 Å². The molecule has 0 aliphatic rings. The van der Waals surface area contributed by atoms with E-state index >= 15 is 0 Å². The lowest BCUT2D eigenvalue weighted by atomic mass is 10.1. The van der Waals surface area contributed by atoms with Gasteiger partial charge in [0.1, 0.15) is 0 Å². The quantitative estimate of drug-likeness (QED) is 0.411. The van der Waals surface area contributed by atoms with Crippen LogP contribution < -0.4 is 5.32 Å². The zero-order chi connectivity index (χ0) is 20.5. The van der Waals surface area contributed by atoms with Crippen molar-refractivity contribution in [3.63, 3.8) is 0 Å². The minimum absolute atomic E-state index is 0.170. The SMILES string of the molecule is COC(=O)c1cc(CNc2nccn3c(-c4scc(O)c4O)cnc23)ccc1Cl. The highest BCUT2D eigenvalue weighted by Crippen LogP contribution is 2.42. The Morgan fingerprint density at radius 2 is 2.17 bits per heavy atom. The number of fused-ring (bicyclic) bond motifs is 1. The molecule has 3 N–H and O–H groups in total. The van der Waals surface area contributed by atoms with Gasteiger partial charge in [-0.15, -0.1) is 11.3 Å². The van der Waals surface area contributed by atoms with Crippen LogP contribution in [0.2, 0.25) is 5.02 Å². The fourth-order valence-corrected chi connectivity index (χ4v) is 3.89. The first-order valence-electron chi connectivity index (χ1n) is 8.42. The van der Waals surface area contributed by atoms with E-state index in [-0.39, 0.29) is 17.1 Å². The number of aromatic hydroxyl groups is 2. The number of imidazole rings is 1. The molecule has 3 aromatic heterocycles. The molecule has 1 aromatic carbocycles. The van der Waals surface area contributed by atoms with E-state index in [4.69, 9.17) is 16.3 Å². The summed E-state index contributed by atoms with van der Waals surface area (Å²) in [6.45, 7) is 0.376. The molecule has 0 saturated heterocycles. The zero-order valence-corrected chi connectivity index (χ0v) is 16.7. The topological polar surface area (TPSA) is 109 Å². The maximum Gasteiger partial charge on any atom is 0.339 e. The molecule has 0 aliphatic carbocycles. The summed E-state index contributed by atoms with van der Waals surface area (Å²) in [7, 11) is 1.30. The number of hydrogen-bond donors (Lipinski definition) is 3. The van der Waals surface area contributed by atoms with Crippen molar-refractivity contribution >= 4 is 40.4 Å². The van der Waals surface area contributed by atoms with E-state index in [1.54, 1.807) is 41.2 Å². The molecule has 4 rings (SSSR count). The highest BCUT2D eigenvalue weighted by atomic mass is 35.5. The first-order valence-corrected chi connectivity index (χ1v) is 9.67. The molecule has 8 nitrogen and oxygen atoms in total. The Kier molecular flexibility index (Phi) is 4.99. The van der Waals surface area contributed by atoms with Gasteiger partial charge in [-0.05, 0) is 17.7 Å². The molecule has 0 amide bonds. The summed E-state index contributed by atoms with van der Waals surface area (Å²) in [6, 6.07) is 5.09. The van der Waals surface area contributed by atoms with E-state index < -0.39 is 5.97 Å². The summed E-state index contributed by atoms with van der Waals surface area (Å²) < 4.78 is 6.51. The highest BCUT2D eigenvalue weighted by molar-refractivity contribution is 7.14. The Morgan fingerprint density at radius 3 is 2.90 bits per heavy atom. The number of halogens is 1. The Bertz CT molecular complexity index is 1220. The second-order valence-corrected chi connectivity index (χ2v) is 7.36. The molecule has 0 spiro atoms. The molecule has 3 heterocycles. The average molecular weight is 431 g/mol. The third-order valence-corrected chi connectivity index (χ3v) is 5.61. The average Bonchev–Trinajstić information content (AvgIpc) is 3.30. The van der Waals surface area contributed by atoms with Gasteiger partial charge in [0.2, 0.25) is 0 Å². The number of methoxy groups -OCH3 is 1. The number of carbonyl (C=O) groups excluding carboxylic acids is 1. The molecule has 10 heteroatoms. The maximum absolute atomic E-state index is 11.8. The Morgan fingerprint density at radius 1 is 1.34 bits per heavy atom. The molecule has 0 fully saturated rings. The van der Waals surface area contributed by atoms with Crippen molar-refractivity contribution in [2.24, 2.45) is 0 Å². The monoisotopic (exact) mass is 430 g/mol. The number of carbonyl (C=O) groups is 1. The van der Waals surface area contributed by atoms with Crippen molar-refractivity contribution in [2.75, 3.05) is 12.4 Å². The van der Waals surface area contributed by atoms with Gasteiger partial charge in [-0.2, -0.15) is 0 Å². The molecule has 29 heavy (non-hydrogen) atoms. The van der Waals surface area contributed by atoms with Gasteiger partial charge in [0.25, 0.3) is 0 Å². The predicted molar refractivity (Wildman–Crippen MR) is 110 cm³/mol. The van der Waals surface area contributed by atoms with Crippen LogP contribution in [-0.4, -0.2) is 37.7 Å². The Labute approximate surface area is 174 Å². The fourth-order valence-electron chi connectivity index (χ4n) is 2.87. The first kappa shape index (κ1) is 19.0. The summed E-state index contributed by atoms with van der Waals surface area (Å²) in [6.07, 6.45) is 4.92. The lowest BCUT2D eigenvalue weighted by Gasteiger charge is -2.09. The lowest BCUT2D eigenvalue weighted by Crippen LogP contribution is -2.07. The Balaban J connectivity index is 1.63. The zero-order valence-electron chi connectivity index (χ0n) is 15.1. The molecule has 0 atom stereocenters. The second-order valence-electron chi connectivity index (χ2n) is 6.07. The molecule has 148 valence electrons. The van der Waals surface area contributed by atoms with E-state index in [1.165, 1.54) is 23.8 Å². The standard InChI is InChI=1S/C19H15ClN4O4S/c1-28-19(27)11-6-10(2-3-12(11)20)7-22-17-18-23-8-13(24(18)5-4-21-17)16-15(26)14(25)9-29-16/h2-6,8-9,25-26H,7H2,1H3,(H,21,22). The van der Waals surface area contributed by atoms with Crippen molar-refractivity contribution in [2.45, 2.75) is 6.54 Å². The van der Waals surface area contributed by atoms with Crippen molar-refractivity contribution < 1.29 is 19.7 Å². The van der Waals surface area contributed by atoms with Crippen molar-refractivity contribution in [1.29, 1.82) is 0 Å². The summed E-state index contributed by atoms with van der Waals surface area (Å²) in [5.41, 5.74) is 2.28. The van der Waals surface area contributed by atoms with Gasteiger partial charge < -0.3 is 20.3 Å². The van der Waals surface area contributed by atoms with E-state index in [0.29, 0.717) is 33.6 Å². The number of anilines is 1. The van der Waals surface area contributed by atoms with Crippen LogP contribution in [0.5, 0.6) is 11.5 Å². The van der Waals surface area contributed by atoms with Crippen LogP contribution in [0.25, 0.3) is 16.2 Å². The maximum atomic E-state index is 11.8. The number of benzene rings is 1. The molecular weight excluding hydrogens is 416 g/mol. The van der Waals surface area contributed by atoms with Gasteiger partial charge in [0, 0.05) is 24.3 Å². The highest BCUT2D eigenvalue weighted by Gasteiger charge is 2.17. The number of rotatable bonds is 5. The van der Waals surface area contributed by atoms with E-state index in [0.717, 1.165) is 5.56 Å². The number of esters is 1. The molecule has 0 unspecified atom stereocenters. The summed E-state index contributed by atoms with van der Waals surface area (Å²) >= 11 is 7.27. The van der Waals surface area contributed by atoms with E-state index in [2.05, 4.69) is 15.3 Å².